The first-order chi connectivity index (χ1) is 8.06. The standard InChI is InChI=1S/C12H16F3NO/c13-12(14,15)9-10-3-1-2-4-11(10)16-5-7-17-8-6-16/h4,9H,1-3,5-8H2/b10-9+. The van der Waals surface area contributed by atoms with Crippen molar-refractivity contribution in [2.24, 2.45) is 0 Å². The van der Waals surface area contributed by atoms with E-state index in [4.69, 9.17) is 4.74 Å². The summed E-state index contributed by atoms with van der Waals surface area (Å²) >= 11 is 0. The fraction of sp³-hybridized carbons (Fsp3) is 0.667. The molecule has 0 amide bonds. The Kier molecular flexibility index (Phi) is 3.76. The maximum Gasteiger partial charge on any atom is 0.410 e. The topological polar surface area (TPSA) is 12.5 Å². The van der Waals surface area contributed by atoms with Gasteiger partial charge in [-0.3, -0.25) is 0 Å². The van der Waals surface area contributed by atoms with Gasteiger partial charge < -0.3 is 9.64 Å². The highest BCUT2D eigenvalue weighted by molar-refractivity contribution is 5.33. The average Bonchev–Trinajstić information content (AvgIpc) is 2.29. The molecular weight excluding hydrogens is 231 g/mol. The van der Waals surface area contributed by atoms with Gasteiger partial charge in [-0.25, -0.2) is 0 Å². The molecule has 2 rings (SSSR count). The Labute approximate surface area is 98.7 Å². The molecule has 5 heteroatoms. The molecule has 1 saturated heterocycles. The van der Waals surface area contributed by atoms with Gasteiger partial charge in [0, 0.05) is 24.9 Å². The van der Waals surface area contributed by atoms with Crippen LogP contribution in [0.2, 0.25) is 0 Å². The molecule has 0 bridgehead atoms. The van der Waals surface area contributed by atoms with E-state index in [1.54, 1.807) is 0 Å². The Morgan fingerprint density at radius 3 is 2.59 bits per heavy atom. The van der Waals surface area contributed by atoms with Crippen LogP contribution in [0.4, 0.5) is 13.2 Å². The van der Waals surface area contributed by atoms with Crippen molar-refractivity contribution in [2.75, 3.05) is 26.3 Å². The molecule has 1 aliphatic heterocycles. The zero-order valence-electron chi connectivity index (χ0n) is 9.59. The first-order valence-electron chi connectivity index (χ1n) is 5.88. The molecule has 17 heavy (non-hydrogen) atoms. The molecule has 0 spiro atoms. The lowest BCUT2D eigenvalue weighted by Crippen LogP contribution is -2.36. The fourth-order valence-corrected chi connectivity index (χ4v) is 2.27. The summed E-state index contributed by atoms with van der Waals surface area (Å²) in [6, 6.07) is 0. The van der Waals surface area contributed by atoms with E-state index >= 15 is 0 Å². The van der Waals surface area contributed by atoms with Crippen LogP contribution in [0.25, 0.3) is 0 Å². The number of hydrogen-bond donors (Lipinski definition) is 0. The second kappa shape index (κ2) is 5.12. The highest BCUT2D eigenvalue weighted by Crippen LogP contribution is 2.31. The minimum absolute atomic E-state index is 0.422. The smallest absolute Gasteiger partial charge is 0.378 e. The molecule has 1 fully saturated rings. The van der Waals surface area contributed by atoms with Crippen LogP contribution in [-0.2, 0) is 4.74 Å². The van der Waals surface area contributed by atoms with E-state index in [2.05, 4.69) is 0 Å². The largest absolute Gasteiger partial charge is 0.410 e. The molecule has 2 nitrogen and oxygen atoms in total. The highest BCUT2D eigenvalue weighted by Gasteiger charge is 2.28. The molecule has 1 aliphatic carbocycles. The van der Waals surface area contributed by atoms with E-state index in [-0.39, 0.29) is 0 Å². The van der Waals surface area contributed by atoms with Gasteiger partial charge in [0.2, 0.25) is 0 Å². The van der Waals surface area contributed by atoms with Crippen molar-refractivity contribution in [3.05, 3.63) is 23.4 Å². The van der Waals surface area contributed by atoms with Crippen LogP contribution in [0.3, 0.4) is 0 Å². The third kappa shape index (κ3) is 3.49. The van der Waals surface area contributed by atoms with Gasteiger partial charge >= 0.3 is 6.18 Å². The number of rotatable bonds is 1. The van der Waals surface area contributed by atoms with Gasteiger partial charge in [0.05, 0.1) is 13.2 Å². The van der Waals surface area contributed by atoms with Crippen molar-refractivity contribution in [1.29, 1.82) is 0 Å². The lowest BCUT2D eigenvalue weighted by Gasteiger charge is -2.34. The fourth-order valence-electron chi connectivity index (χ4n) is 2.27. The minimum Gasteiger partial charge on any atom is -0.378 e. The SMILES string of the molecule is FC(F)(F)/C=C1\CCCC=C1N1CCOCC1. The number of ether oxygens (including phenoxy) is 1. The Morgan fingerprint density at radius 2 is 1.94 bits per heavy atom. The zero-order valence-corrected chi connectivity index (χ0v) is 9.59. The lowest BCUT2D eigenvalue weighted by atomic mass is 9.96. The maximum atomic E-state index is 12.4. The maximum absolute atomic E-state index is 12.4. The summed E-state index contributed by atoms with van der Waals surface area (Å²) in [5, 5.41) is 0. The van der Waals surface area contributed by atoms with Crippen LogP contribution in [0.15, 0.2) is 23.4 Å². The molecule has 96 valence electrons. The van der Waals surface area contributed by atoms with Gasteiger partial charge in [0.25, 0.3) is 0 Å². The van der Waals surface area contributed by atoms with Gasteiger partial charge in [-0.2, -0.15) is 13.2 Å². The number of allylic oxidation sites excluding steroid dienone is 3. The van der Waals surface area contributed by atoms with Gasteiger partial charge in [-0.1, -0.05) is 6.08 Å². The summed E-state index contributed by atoms with van der Waals surface area (Å²) in [6.07, 6.45) is 0.332. The molecule has 0 N–H and O–H groups in total. The molecule has 0 saturated carbocycles. The van der Waals surface area contributed by atoms with Crippen LogP contribution in [0.5, 0.6) is 0 Å². The van der Waals surface area contributed by atoms with Gasteiger partial charge in [0.1, 0.15) is 0 Å². The van der Waals surface area contributed by atoms with Crippen molar-refractivity contribution in [2.45, 2.75) is 25.4 Å². The Bertz CT molecular complexity index is 327. The van der Waals surface area contributed by atoms with Crippen LogP contribution in [0, 0.1) is 0 Å². The quantitative estimate of drug-likeness (QED) is 0.706. The summed E-state index contributed by atoms with van der Waals surface area (Å²) in [6.45, 7) is 2.55. The molecule has 0 unspecified atom stereocenters. The first-order valence-corrected chi connectivity index (χ1v) is 5.88. The third-order valence-electron chi connectivity index (χ3n) is 3.01. The lowest BCUT2D eigenvalue weighted by molar-refractivity contribution is -0.0807. The Hall–Kier alpha value is -0.970. The summed E-state index contributed by atoms with van der Waals surface area (Å²) in [5.41, 5.74) is 1.18. The van der Waals surface area contributed by atoms with Crippen LogP contribution in [0.1, 0.15) is 19.3 Å². The second-order valence-corrected chi connectivity index (χ2v) is 4.29. The van der Waals surface area contributed by atoms with Gasteiger partial charge in [0.15, 0.2) is 0 Å². The molecule has 0 atom stereocenters. The Morgan fingerprint density at radius 1 is 1.24 bits per heavy atom. The zero-order chi connectivity index (χ0) is 12.3. The Balaban J connectivity index is 2.17. The molecule has 0 aromatic rings. The molecule has 0 aromatic heterocycles. The first kappa shape index (κ1) is 12.5. The van der Waals surface area contributed by atoms with E-state index < -0.39 is 6.18 Å². The number of halogens is 3. The molecule has 0 radical (unpaired) electrons. The third-order valence-corrected chi connectivity index (χ3v) is 3.01. The summed E-state index contributed by atoms with van der Waals surface area (Å²) in [4.78, 5) is 2.00. The van der Waals surface area contributed by atoms with Crippen LogP contribution in [-0.4, -0.2) is 37.4 Å². The minimum atomic E-state index is -4.22. The van der Waals surface area contributed by atoms with E-state index in [0.29, 0.717) is 44.4 Å². The summed E-state index contributed by atoms with van der Waals surface area (Å²) in [7, 11) is 0. The number of hydrogen-bond acceptors (Lipinski definition) is 2. The van der Waals surface area contributed by atoms with Crippen molar-refractivity contribution in [1.82, 2.24) is 4.90 Å². The molecule has 2 aliphatic rings. The predicted octanol–water partition coefficient (Wildman–Crippen LogP) is 2.88. The summed E-state index contributed by atoms with van der Waals surface area (Å²) < 4.78 is 42.5. The molecule has 1 heterocycles. The van der Waals surface area contributed by atoms with E-state index in [0.717, 1.165) is 18.5 Å². The highest BCUT2D eigenvalue weighted by atomic mass is 19.4. The molecule has 0 aromatic carbocycles. The van der Waals surface area contributed by atoms with Crippen LogP contribution >= 0.6 is 0 Å². The van der Waals surface area contributed by atoms with Crippen molar-refractivity contribution >= 4 is 0 Å². The average molecular weight is 247 g/mol. The van der Waals surface area contributed by atoms with Crippen molar-refractivity contribution < 1.29 is 17.9 Å². The number of morpholine rings is 1. The monoisotopic (exact) mass is 247 g/mol. The van der Waals surface area contributed by atoms with Gasteiger partial charge in [-0.15, -0.1) is 0 Å². The van der Waals surface area contributed by atoms with Crippen LogP contribution < -0.4 is 0 Å². The van der Waals surface area contributed by atoms with E-state index in [9.17, 15) is 13.2 Å². The normalized spacial score (nSPS) is 25.0. The molecular formula is C12H16F3NO. The predicted molar refractivity (Wildman–Crippen MR) is 58.5 cm³/mol. The van der Waals surface area contributed by atoms with Crippen molar-refractivity contribution in [3.63, 3.8) is 0 Å². The number of nitrogens with zero attached hydrogens (tertiary/aromatic N) is 1. The summed E-state index contributed by atoms with van der Waals surface area (Å²) in [5.74, 6) is 0. The van der Waals surface area contributed by atoms with E-state index in [1.165, 1.54) is 0 Å². The van der Waals surface area contributed by atoms with E-state index in [1.807, 2.05) is 11.0 Å². The van der Waals surface area contributed by atoms with Gasteiger partial charge in [-0.05, 0) is 24.8 Å². The number of alkyl halides is 3. The van der Waals surface area contributed by atoms with Crippen molar-refractivity contribution in [3.8, 4) is 0 Å². The second-order valence-electron chi connectivity index (χ2n) is 4.29.